The van der Waals surface area contributed by atoms with Crippen LogP contribution in [-0.2, 0) is 4.79 Å². The third-order valence-corrected chi connectivity index (χ3v) is 4.75. The molecular weight excluding hydrogens is 318 g/mol. The van der Waals surface area contributed by atoms with Crippen molar-refractivity contribution >= 4 is 23.4 Å². The lowest BCUT2D eigenvalue weighted by atomic mass is 10.1. The van der Waals surface area contributed by atoms with Crippen LogP contribution in [0.2, 0.25) is 0 Å². The van der Waals surface area contributed by atoms with E-state index in [1.165, 1.54) is 12.8 Å². The summed E-state index contributed by atoms with van der Waals surface area (Å²) in [4.78, 5) is 32.2. The molecule has 0 saturated carbocycles. The zero-order valence-corrected chi connectivity index (χ0v) is 14.7. The van der Waals surface area contributed by atoms with E-state index in [0.29, 0.717) is 25.2 Å². The van der Waals surface area contributed by atoms with Crippen LogP contribution in [0, 0.1) is 0 Å². The minimum Gasteiger partial charge on any atom is -0.357 e. The molecule has 0 aliphatic carbocycles. The number of carbonyl (C=O) groups is 2. The van der Waals surface area contributed by atoms with Gasteiger partial charge in [0.15, 0.2) is 0 Å². The Balaban J connectivity index is 1.35. The van der Waals surface area contributed by atoms with E-state index >= 15 is 0 Å². The van der Waals surface area contributed by atoms with Crippen LogP contribution in [0.1, 0.15) is 38.5 Å². The molecule has 2 fully saturated rings. The fourth-order valence-electron chi connectivity index (χ4n) is 3.34. The molecule has 0 bridgehead atoms. The molecule has 7 nitrogen and oxygen atoms in total. The number of nitrogens with one attached hydrogen (secondary N) is 2. The Morgan fingerprint density at radius 3 is 2.64 bits per heavy atom. The highest BCUT2D eigenvalue weighted by Crippen LogP contribution is 2.19. The first kappa shape index (κ1) is 17.5. The topological polar surface area (TPSA) is 77.6 Å². The monoisotopic (exact) mass is 345 g/mol. The Morgan fingerprint density at radius 2 is 1.92 bits per heavy atom. The first-order chi connectivity index (χ1) is 12.2. The zero-order valence-electron chi connectivity index (χ0n) is 14.7. The van der Waals surface area contributed by atoms with Gasteiger partial charge in [-0.25, -0.2) is 9.78 Å². The Kier molecular flexibility index (Phi) is 6.09. The van der Waals surface area contributed by atoms with E-state index in [9.17, 15) is 9.59 Å². The second-order valence-electron chi connectivity index (χ2n) is 6.67. The lowest BCUT2D eigenvalue weighted by Crippen LogP contribution is -2.38. The summed E-state index contributed by atoms with van der Waals surface area (Å²) in [7, 11) is 0. The molecule has 2 aliphatic heterocycles. The number of pyridine rings is 1. The summed E-state index contributed by atoms with van der Waals surface area (Å²) in [5.41, 5.74) is 0.687. The molecule has 25 heavy (non-hydrogen) atoms. The molecule has 3 rings (SSSR count). The Morgan fingerprint density at radius 1 is 1.12 bits per heavy atom. The minimum absolute atomic E-state index is 0.235. The molecule has 2 aliphatic rings. The average molecular weight is 345 g/mol. The molecule has 7 heteroatoms. The minimum atomic E-state index is -0.235. The predicted octanol–water partition coefficient (Wildman–Crippen LogP) is 2.21. The van der Waals surface area contributed by atoms with Crippen molar-refractivity contribution < 1.29 is 9.59 Å². The number of amides is 3. The van der Waals surface area contributed by atoms with Crippen molar-refractivity contribution in [3.8, 4) is 0 Å². The summed E-state index contributed by atoms with van der Waals surface area (Å²) in [6.45, 7) is 4.22. The summed E-state index contributed by atoms with van der Waals surface area (Å²) in [6.07, 6.45) is 7.64. The number of piperidine rings is 1. The van der Waals surface area contributed by atoms with E-state index < -0.39 is 0 Å². The van der Waals surface area contributed by atoms with Crippen molar-refractivity contribution in [2.24, 2.45) is 0 Å². The number of anilines is 2. The SMILES string of the molecule is O=C(NCCCN1CCCCC1=O)Nc1ccc(N2CCCC2)nc1. The van der Waals surface area contributed by atoms with Gasteiger partial charge in [-0.3, -0.25) is 4.79 Å². The van der Waals surface area contributed by atoms with E-state index in [0.717, 1.165) is 44.7 Å². The smallest absolute Gasteiger partial charge is 0.319 e. The predicted molar refractivity (Wildman–Crippen MR) is 97.8 cm³/mol. The number of aromatic nitrogens is 1. The molecule has 1 aromatic heterocycles. The molecule has 3 amide bonds. The first-order valence-electron chi connectivity index (χ1n) is 9.26. The van der Waals surface area contributed by atoms with Gasteiger partial charge in [0.1, 0.15) is 5.82 Å². The highest BCUT2D eigenvalue weighted by molar-refractivity contribution is 5.89. The van der Waals surface area contributed by atoms with Gasteiger partial charge in [0, 0.05) is 39.1 Å². The van der Waals surface area contributed by atoms with Gasteiger partial charge in [-0.1, -0.05) is 0 Å². The number of hydrogen-bond acceptors (Lipinski definition) is 4. The van der Waals surface area contributed by atoms with Gasteiger partial charge in [0.05, 0.1) is 11.9 Å². The van der Waals surface area contributed by atoms with Gasteiger partial charge in [0.25, 0.3) is 0 Å². The molecule has 0 unspecified atom stereocenters. The Bertz CT molecular complexity index is 584. The van der Waals surface area contributed by atoms with E-state index in [4.69, 9.17) is 0 Å². The van der Waals surface area contributed by atoms with E-state index in [1.54, 1.807) is 6.20 Å². The average Bonchev–Trinajstić information content (AvgIpc) is 3.15. The first-order valence-corrected chi connectivity index (χ1v) is 9.26. The fourth-order valence-corrected chi connectivity index (χ4v) is 3.34. The lowest BCUT2D eigenvalue weighted by Gasteiger charge is -2.26. The van der Waals surface area contributed by atoms with E-state index in [1.807, 2.05) is 17.0 Å². The number of nitrogens with zero attached hydrogens (tertiary/aromatic N) is 3. The van der Waals surface area contributed by atoms with Crippen LogP contribution in [0.25, 0.3) is 0 Å². The third-order valence-electron chi connectivity index (χ3n) is 4.75. The van der Waals surface area contributed by atoms with Crippen LogP contribution >= 0.6 is 0 Å². The van der Waals surface area contributed by atoms with E-state index in [-0.39, 0.29) is 11.9 Å². The van der Waals surface area contributed by atoms with Gasteiger partial charge in [0.2, 0.25) is 5.91 Å². The molecule has 136 valence electrons. The van der Waals surface area contributed by atoms with Crippen molar-refractivity contribution in [3.63, 3.8) is 0 Å². The zero-order chi connectivity index (χ0) is 17.5. The van der Waals surface area contributed by atoms with E-state index in [2.05, 4.69) is 20.5 Å². The molecule has 0 spiro atoms. The van der Waals surface area contributed by atoms with Crippen molar-refractivity contribution in [3.05, 3.63) is 18.3 Å². The van der Waals surface area contributed by atoms with Crippen LogP contribution in [0.3, 0.4) is 0 Å². The van der Waals surface area contributed by atoms with Gasteiger partial charge in [-0.05, 0) is 44.2 Å². The summed E-state index contributed by atoms with van der Waals surface area (Å²) in [6, 6.07) is 3.59. The molecule has 1 aromatic rings. The van der Waals surface area contributed by atoms with Gasteiger partial charge >= 0.3 is 6.03 Å². The summed E-state index contributed by atoms with van der Waals surface area (Å²) >= 11 is 0. The number of hydrogen-bond donors (Lipinski definition) is 2. The molecular formula is C18H27N5O2. The molecule has 0 aromatic carbocycles. The van der Waals surface area contributed by atoms with Gasteiger partial charge in [-0.2, -0.15) is 0 Å². The molecule has 3 heterocycles. The van der Waals surface area contributed by atoms with Crippen molar-refractivity contribution in [1.29, 1.82) is 0 Å². The van der Waals surface area contributed by atoms with Crippen LogP contribution in [0.4, 0.5) is 16.3 Å². The number of likely N-dealkylation sites (tertiary alicyclic amines) is 1. The highest BCUT2D eigenvalue weighted by atomic mass is 16.2. The lowest BCUT2D eigenvalue weighted by molar-refractivity contribution is -0.133. The molecule has 0 atom stereocenters. The van der Waals surface area contributed by atoms with Crippen molar-refractivity contribution in [2.45, 2.75) is 38.5 Å². The molecule has 0 radical (unpaired) electrons. The number of rotatable bonds is 6. The number of carbonyl (C=O) groups excluding carboxylic acids is 2. The van der Waals surface area contributed by atoms with Crippen molar-refractivity contribution in [2.75, 3.05) is 42.9 Å². The summed E-state index contributed by atoms with van der Waals surface area (Å²) in [5, 5.41) is 5.62. The molecule has 2 saturated heterocycles. The Hall–Kier alpha value is -2.31. The van der Waals surface area contributed by atoms with Crippen LogP contribution in [0.15, 0.2) is 18.3 Å². The largest absolute Gasteiger partial charge is 0.357 e. The fraction of sp³-hybridized carbons (Fsp3) is 0.611. The van der Waals surface area contributed by atoms with Gasteiger partial charge < -0.3 is 20.4 Å². The maximum Gasteiger partial charge on any atom is 0.319 e. The second kappa shape index (κ2) is 8.69. The maximum absolute atomic E-state index is 11.9. The number of urea groups is 1. The van der Waals surface area contributed by atoms with Gasteiger partial charge in [-0.15, -0.1) is 0 Å². The standard InChI is InChI=1S/C18H27N5O2/c24-17-6-1-2-12-23(17)13-5-9-19-18(25)21-15-7-8-16(20-14-15)22-10-3-4-11-22/h7-8,14H,1-6,9-13H2,(H2,19,21,25). The van der Waals surface area contributed by atoms with Crippen molar-refractivity contribution in [1.82, 2.24) is 15.2 Å². The van der Waals surface area contributed by atoms with Crippen LogP contribution in [0.5, 0.6) is 0 Å². The van der Waals surface area contributed by atoms with Crippen LogP contribution in [-0.4, -0.2) is 54.5 Å². The summed E-state index contributed by atoms with van der Waals surface area (Å²) < 4.78 is 0. The van der Waals surface area contributed by atoms with Crippen LogP contribution < -0.4 is 15.5 Å². The summed E-state index contributed by atoms with van der Waals surface area (Å²) in [5.74, 6) is 1.20. The highest BCUT2D eigenvalue weighted by Gasteiger charge is 2.17. The Labute approximate surface area is 148 Å². The quantitative estimate of drug-likeness (QED) is 0.775. The normalized spacial score (nSPS) is 17.7. The maximum atomic E-state index is 11.9. The third kappa shape index (κ3) is 5.08. The molecule has 2 N–H and O–H groups in total. The second-order valence-corrected chi connectivity index (χ2v) is 6.67.